The van der Waals surface area contributed by atoms with E-state index in [1.807, 2.05) is 54.6 Å². The van der Waals surface area contributed by atoms with Crippen molar-refractivity contribution in [3.05, 3.63) is 83.5 Å². The molecular weight excluding hydrogens is 418 g/mol. The van der Waals surface area contributed by atoms with Crippen molar-refractivity contribution in [3.63, 3.8) is 0 Å². The Morgan fingerprint density at radius 2 is 1.89 bits per heavy atom. The smallest absolute Gasteiger partial charge is 0.247 e. The average molecular weight is 436 g/mol. The summed E-state index contributed by atoms with van der Waals surface area (Å²) in [6.45, 7) is 4.04. The molecule has 2 atom stereocenters. The van der Waals surface area contributed by atoms with Crippen LogP contribution in [0.1, 0.15) is 11.5 Å². The van der Waals surface area contributed by atoms with Crippen LogP contribution in [0.2, 0.25) is 0 Å². The van der Waals surface area contributed by atoms with Gasteiger partial charge in [-0.1, -0.05) is 52.8 Å². The van der Waals surface area contributed by atoms with Crippen molar-refractivity contribution in [2.75, 3.05) is 11.9 Å². The molecule has 1 saturated heterocycles. The predicted molar refractivity (Wildman–Crippen MR) is 113 cm³/mol. The van der Waals surface area contributed by atoms with Crippen LogP contribution in [0.4, 0.5) is 5.69 Å². The number of para-hydroxylation sites is 1. The summed E-state index contributed by atoms with van der Waals surface area (Å²) in [5.41, 5.74) is 2.38. The molecule has 140 valence electrons. The van der Waals surface area contributed by atoms with E-state index < -0.39 is 6.04 Å². The number of fused-ring (bicyclic) bond motifs is 1. The van der Waals surface area contributed by atoms with Gasteiger partial charge >= 0.3 is 0 Å². The topological polar surface area (TPSA) is 62.3 Å². The third-order valence-corrected chi connectivity index (χ3v) is 5.55. The molecule has 2 aromatic carbocycles. The molecule has 2 heterocycles. The monoisotopic (exact) mass is 435 g/mol. The van der Waals surface area contributed by atoms with Crippen LogP contribution in [0.25, 0.3) is 10.9 Å². The Morgan fingerprint density at radius 1 is 1.14 bits per heavy atom. The Bertz CT molecular complexity index is 1060. The Labute approximate surface area is 171 Å². The Hall–Kier alpha value is -2.99. The van der Waals surface area contributed by atoms with Gasteiger partial charge in [-0.2, -0.15) is 0 Å². The third kappa shape index (κ3) is 3.31. The third-order valence-electron chi connectivity index (χ3n) is 5.03. The van der Waals surface area contributed by atoms with Gasteiger partial charge in [-0.25, -0.2) is 0 Å². The summed E-state index contributed by atoms with van der Waals surface area (Å²) < 4.78 is 0.970. The number of benzene rings is 2. The zero-order valence-corrected chi connectivity index (χ0v) is 16.6. The second-order valence-electron chi connectivity index (χ2n) is 6.67. The normalized spacial score (nSPS) is 18.4. The molecule has 0 saturated carbocycles. The van der Waals surface area contributed by atoms with Gasteiger partial charge < -0.3 is 10.2 Å². The second-order valence-corrected chi connectivity index (χ2v) is 7.58. The van der Waals surface area contributed by atoms with E-state index >= 15 is 0 Å². The van der Waals surface area contributed by atoms with Crippen LogP contribution >= 0.6 is 15.9 Å². The molecule has 1 aliphatic heterocycles. The van der Waals surface area contributed by atoms with Crippen LogP contribution in [0, 0.1) is 0 Å². The van der Waals surface area contributed by atoms with Gasteiger partial charge in [0, 0.05) is 28.5 Å². The molecule has 2 unspecified atom stereocenters. The maximum Gasteiger partial charge on any atom is 0.247 e. The van der Waals surface area contributed by atoms with Crippen molar-refractivity contribution in [3.8, 4) is 0 Å². The number of likely N-dealkylation sites (tertiary alicyclic amines) is 1. The lowest BCUT2D eigenvalue weighted by atomic mass is 9.81. The first-order valence-corrected chi connectivity index (χ1v) is 9.71. The van der Waals surface area contributed by atoms with Crippen LogP contribution in [0.3, 0.4) is 0 Å². The second kappa shape index (κ2) is 7.56. The molecule has 6 heteroatoms. The summed E-state index contributed by atoms with van der Waals surface area (Å²) >= 11 is 3.43. The van der Waals surface area contributed by atoms with Gasteiger partial charge in [0.05, 0.1) is 11.2 Å². The van der Waals surface area contributed by atoms with Gasteiger partial charge in [0.25, 0.3) is 0 Å². The summed E-state index contributed by atoms with van der Waals surface area (Å²) in [4.78, 5) is 31.3. The van der Waals surface area contributed by atoms with Gasteiger partial charge in [0.1, 0.15) is 6.04 Å². The highest BCUT2D eigenvalue weighted by Gasteiger charge is 2.46. The summed E-state index contributed by atoms with van der Waals surface area (Å²) in [6.07, 6.45) is 2.94. The maximum absolute atomic E-state index is 13.1. The van der Waals surface area contributed by atoms with E-state index in [9.17, 15) is 9.59 Å². The van der Waals surface area contributed by atoms with E-state index in [-0.39, 0.29) is 17.7 Å². The van der Waals surface area contributed by atoms with E-state index in [0.29, 0.717) is 12.2 Å². The summed E-state index contributed by atoms with van der Waals surface area (Å²) in [6, 6.07) is 16.7. The van der Waals surface area contributed by atoms with E-state index in [2.05, 4.69) is 32.8 Å². The lowest BCUT2D eigenvalue weighted by molar-refractivity contribution is -0.143. The van der Waals surface area contributed by atoms with Crippen molar-refractivity contribution in [2.24, 2.45) is 0 Å². The van der Waals surface area contributed by atoms with Crippen molar-refractivity contribution < 1.29 is 9.59 Å². The quantitative estimate of drug-likeness (QED) is 0.626. The summed E-state index contributed by atoms with van der Waals surface area (Å²) in [5, 5.41) is 3.91. The molecule has 1 aliphatic rings. The number of halogens is 1. The predicted octanol–water partition coefficient (Wildman–Crippen LogP) is 4.12. The molecule has 1 N–H and O–H groups in total. The Balaban J connectivity index is 1.64. The molecular formula is C22H18BrN3O2. The van der Waals surface area contributed by atoms with Gasteiger partial charge in [0.15, 0.2) is 0 Å². The molecule has 2 amide bonds. The van der Waals surface area contributed by atoms with Crippen LogP contribution < -0.4 is 5.32 Å². The lowest BCUT2D eigenvalue weighted by Crippen LogP contribution is -2.61. The van der Waals surface area contributed by atoms with Gasteiger partial charge in [0.2, 0.25) is 11.8 Å². The highest BCUT2D eigenvalue weighted by molar-refractivity contribution is 9.10. The molecule has 28 heavy (non-hydrogen) atoms. The number of hydrogen-bond donors (Lipinski definition) is 1. The zero-order chi connectivity index (χ0) is 19.7. The van der Waals surface area contributed by atoms with Gasteiger partial charge in [-0.15, -0.1) is 0 Å². The molecule has 0 aliphatic carbocycles. The van der Waals surface area contributed by atoms with E-state index in [1.165, 1.54) is 6.08 Å². The first kappa shape index (κ1) is 18.4. The van der Waals surface area contributed by atoms with E-state index in [4.69, 9.17) is 0 Å². The number of nitrogens with one attached hydrogen (secondary N) is 1. The van der Waals surface area contributed by atoms with Crippen LogP contribution in [0.5, 0.6) is 0 Å². The number of rotatable bonds is 4. The standard InChI is InChI=1S/C22H18BrN3O2/c1-2-19(27)26-13-17(14-8-10-16(23)11-9-14)21(26)22(28)25-18-7-3-5-15-6-4-12-24-20(15)18/h2-12,17,21H,1,13H2,(H,25,28). The number of hydrogen-bond acceptors (Lipinski definition) is 3. The molecule has 3 aromatic rings. The van der Waals surface area contributed by atoms with Crippen LogP contribution in [-0.2, 0) is 9.59 Å². The average Bonchev–Trinajstić information content (AvgIpc) is 2.69. The number of aromatic nitrogens is 1. The van der Waals surface area contributed by atoms with Crippen molar-refractivity contribution in [1.82, 2.24) is 9.88 Å². The highest BCUT2D eigenvalue weighted by Crippen LogP contribution is 2.36. The molecule has 0 spiro atoms. The maximum atomic E-state index is 13.1. The molecule has 4 rings (SSSR count). The number of carbonyl (C=O) groups is 2. The minimum absolute atomic E-state index is 0.0695. The Morgan fingerprint density at radius 3 is 2.64 bits per heavy atom. The fraction of sp³-hybridized carbons (Fsp3) is 0.136. The molecule has 1 fully saturated rings. The largest absolute Gasteiger partial charge is 0.326 e. The van der Waals surface area contributed by atoms with Gasteiger partial charge in [-0.3, -0.25) is 14.6 Å². The molecule has 1 aromatic heterocycles. The minimum atomic E-state index is -0.592. The molecule has 0 bridgehead atoms. The number of nitrogens with zero attached hydrogens (tertiary/aromatic N) is 2. The van der Waals surface area contributed by atoms with Crippen molar-refractivity contribution in [2.45, 2.75) is 12.0 Å². The van der Waals surface area contributed by atoms with Crippen molar-refractivity contribution >= 4 is 44.3 Å². The lowest BCUT2D eigenvalue weighted by Gasteiger charge is -2.46. The van der Waals surface area contributed by atoms with Crippen molar-refractivity contribution in [1.29, 1.82) is 0 Å². The zero-order valence-electron chi connectivity index (χ0n) is 15.0. The van der Waals surface area contributed by atoms with Crippen LogP contribution in [0.15, 0.2) is 77.9 Å². The highest BCUT2D eigenvalue weighted by atomic mass is 79.9. The number of amides is 2. The number of anilines is 1. The summed E-state index contributed by atoms with van der Waals surface area (Å²) in [5.74, 6) is -0.544. The van der Waals surface area contributed by atoms with E-state index in [0.717, 1.165) is 20.9 Å². The number of pyridine rings is 1. The fourth-order valence-electron chi connectivity index (χ4n) is 3.58. The van der Waals surface area contributed by atoms with E-state index in [1.54, 1.807) is 11.1 Å². The fourth-order valence-corrected chi connectivity index (χ4v) is 3.85. The SMILES string of the molecule is C=CC(=O)N1CC(c2ccc(Br)cc2)C1C(=O)Nc1cccc2cccnc12. The first-order valence-electron chi connectivity index (χ1n) is 8.91. The summed E-state index contributed by atoms with van der Waals surface area (Å²) in [7, 11) is 0. The molecule has 0 radical (unpaired) electrons. The van der Waals surface area contributed by atoms with Crippen LogP contribution in [-0.4, -0.2) is 34.3 Å². The minimum Gasteiger partial charge on any atom is -0.326 e. The first-order chi connectivity index (χ1) is 13.6. The molecule has 5 nitrogen and oxygen atoms in total. The number of carbonyl (C=O) groups excluding carboxylic acids is 2. The Kier molecular flexibility index (Phi) is 4.96. The van der Waals surface area contributed by atoms with Gasteiger partial charge in [-0.05, 0) is 35.9 Å².